The molecule has 0 radical (unpaired) electrons. The van der Waals surface area contributed by atoms with Gasteiger partial charge in [-0.3, -0.25) is 14.9 Å². The molecule has 1 aromatic carbocycles. The first-order valence-corrected chi connectivity index (χ1v) is 5.76. The highest BCUT2D eigenvalue weighted by Crippen LogP contribution is 2.16. The lowest BCUT2D eigenvalue weighted by molar-refractivity contribution is 0.0992. The molecule has 2 rings (SSSR count). The summed E-state index contributed by atoms with van der Waals surface area (Å²) in [5, 5.41) is 4.12. The number of anilines is 1. The van der Waals surface area contributed by atoms with Crippen molar-refractivity contribution in [1.29, 1.82) is 0 Å². The average molecular weight is 265 g/mol. The zero-order valence-corrected chi connectivity index (χ0v) is 9.83. The quantitative estimate of drug-likeness (QED) is 0.884. The number of hydrogen-bond donors (Lipinski definition) is 2. The normalized spacial score (nSPS) is 10.1. The number of benzene rings is 1. The number of primary amides is 1. The first-order valence-electron chi connectivity index (χ1n) is 4.88. The van der Waals surface area contributed by atoms with Crippen molar-refractivity contribution in [2.45, 2.75) is 0 Å². The van der Waals surface area contributed by atoms with Crippen LogP contribution in [-0.4, -0.2) is 16.8 Å². The highest BCUT2D eigenvalue weighted by atomic mass is 32.1. The van der Waals surface area contributed by atoms with E-state index in [9.17, 15) is 14.0 Å². The Morgan fingerprint density at radius 3 is 2.78 bits per heavy atom. The third-order valence-corrected chi connectivity index (χ3v) is 2.82. The zero-order valence-electron chi connectivity index (χ0n) is 9.01. The summed E-state index contributed by atoms with van der Waals surface area (Å²) in [7, 11) is 0. The van der Waals surface area contributed by atoms with Gasteiger partial charge in [0.1, 0.15) is 11.5 Å². The van der Waals surface area contributed by atoms with Crippen LogP contribution < -0.4 is 11.1 Å². The number of aromatic nitrogens is 1. The highest BCUT2D eigenvalue weighted by molar-refractivity contribution is 7.14. The van der Waals surface area contributed by atoms with Crippen LogP contribution in [0.5, 0.6) is 0 Å². The number of carbonyl (C=O) groups excluding carboxylic acids is 2. The van der Waals surface area contributed by atoms with Crippen molar-refractivity contribution in [3.63, 3.8) is 0 Å². The van der Waals surface area contributed by atoms with E-state index in [2.05, 4.69) is 10.3 Å². The SMILES string of the molecule is NC(=O)c1csc(NC(=O)c2cccc(F)c2)n1. The van der Waals surface area contributed by atoms with E-state index in [1.54, 1.807) is 0 Å². The fourth-order valence-electron chi connectivity index (χ4n) is 1.24. The van der Waals surface area contributed by atoms with Gasteiger partial charge < -0.3 is 5.73 Å². The second-order valence-corrected chi connectivity index (χ2v) is 4.22. The number of halogens is 1. The van der Waals surface area contributed by atoms with Crippen LogP contribution in [0.1, 0.15) is 20.8 Å². The molecule has 1 aromatic heterocycles. The molecule has 0 aliphatic heterocycles. The molecular formula is C11H8FN3O2S. The first-order chi connectivity index (χ1) is 8.56. The first kappa shape index (κ1) is 12.2. The highest BCUT2D eigenvalue weighted by Gasteiger charge is 2.11. The molecule has 0 bridgehead atoms. The van der Waals surface area contributed by atoms with Crippen molar-refractivity contribution < 1.29 is 14.0 Å². The van der Waals surface area contributed by atoms with Gasteiger partial charge in [-0.05, 0) is 18.2 Å². The van der Waals surface area contributed by atoms with Gasteiger partial charge in [0.2, 0.25) is 0 Å². The molecule has 5 nitrogen and oxygen atoms in total. The monoisotopic (exact) mass is 265 g/mol. The third-order valence-electron chi connectivity index (χ3n) is 2.06. The van der Waals surface area contributed by atoms with Crippen LogP contribution in [0.25, 0.3) is 0 Å². The lowest BCUT2D eigenvalue weighted by Gasteiger charge is -2.01. The molecule has 0 atom stereocenters. The van der Waals surface area contributed by atoms with Crippen LogP contribution in [0.3, 0.4) is 0 Å². The van der Waals surface area contributed by atoms with Gasteiger partial charge in [-0.1, -0.05) is 6.07 Å². The largest absolute Gasteiger partial charge is 0.364 e. The second-order valence-electron chi connectivity index (χ2n) is 3.37. The fraction of sp³-hybridized carbons (Fsp3) is 0. The van der Waals surface area contributed by atoms with Gasteiger partial charge in [-0.15, -0.1) is 11.3 Å². The van der Waals surface area contributed by atoms with Crippen LogP contribution >= 0.6 is 11.3 Å². The number of hydrogen-bond acceptors (Lipinski definition) is 4. The number of nitrogens with zero attached hydrogens (tertiary/aromatic N) is 1. The van der Waals surface area contributed by atoms with E-state index in [1.165, 1.54) is 23.6 Å². The molecule has 3 N–H and O–H groups in total. The summed E-state index contributed by atoms with van der Waals surface area (Å²) in [4.78, 5) is 26.4. The van der Waals surface area contributed by atoms with Crippen LogP contribution in [0.2, 0.25) is 0 Å². The van der Waals surface area contributed by atoms with E-state index in [0.717, 1.165) is 17.4 Å². The van der Waals surface area contributed by atoms with E-state index in [4.69, 9.17) is 5.73 Å². The molecule has 0 saturated carbocycles. The van der Waals surface area contributed by atoms with E-state index in [-0.39, 0.29) is 16.4 Å². The minimum atomic E-state index is -0.669. The zero-order chi connectivity index (χ0) is 13.1. The predicted molar refractivity (Wildman–Crippen MR) is 65.0 cm³/mol. The van der Waals surface area contributed by atoms with Gasteiger partial charge >= 0.3 is 0 Å². The Morgan fingerprint density at radius 2 is 2.17 bits per heavy atom. The number of nitrogens with one attached hydrogen (secondary N) is 1. The molecule has 0 saturated heterocycles. The van der Waals surface area contributed by atoms with Gasteiger partial charge in [0, 0.05) is 10.9 Å². The maximum absolute atomic E-state index is 12.9. The molecule has 0 fully saturated rings. The number of amides is 2. The Balaban J connectivity index is 2.13. The third kappa shape index (κ3) is 2.69. The Bertz CT molecular complexity index is 612. The molecule has 0 unspecified atom stereocenters. The van der Waals surface area contributed by atoms with Crippen LogP contribution in [0.15, 0.2) is 29.6 Å². The average Bonchev–Trinajstić information content (AvgIpc) is 2.77. The topological polar surface area (TPSA) is 85.1 Å². The Morgan fingerprint density at radius 1 is 1.39 bits per heavy atom. The Hall–Kier alpha value is -2.28. The lowest BCUT2D eigenvalue weighted by atomic mass is 10.2. The summed E-state index contributed by atoms with van der Waals surface area (Å²) in [5.74, 6) is -1.67. The Kier molecular flexibility index (Phi) is 3.33. The smallest absolute Gasteiger partial charge is 0.268 e. The van der Waals surface area contributed by atoms with Crippen LogP contribution in [0.4, 0.5) is 9.52 Å². The second kappa shape index (κ2) is 4.92. The molecule has 0 aliphatic rings. The molecule has 1 heterocycles. The van der Waals surface area contributed by atoms with Crippen molar-refractivity contribution in [2.75, 3.05) is 5.32 Å². The molecule has 18 heavy (non-hydrogen) atoms. The van der Waals surface area contributed by atoms with Crippen molar-refractivity contribution in [1.82, 2.24) is 4.98 Å². The maximum atomic E-state index is 12.9. The molecule has 0 spiro atoms. The molecule has 2 aromatic rings. The molecular weight excluding hydrogens is 257 g/mol. The minimum absolute atomic E-state index is 0.0783. The van der Waals surface area contributed by atoms with Crippen molar-refractivity contribution >= 4 is 28.3 Å². The molecule has 7 heteroatoms. The van der Waals surface area contributed by atoms with Crippen molar-refractivity contribution in [3.05, 3.63) is 46.7 Å². The van der Waals surface area contributed by atoms with Gasteiger partial charge in [-0.2, -0.15) is 0 Å². The number of thiazole rings is 1. The van der Waals surface area contributed by atoms with Gasteiger partial charge in [-0.25, -0.2) is 9.37 Å². The van der Waals surface area contributed by atoms with E-state index >= 15 is 0 Å². The summed E-state index contributed by atoms with van der Waals surface area (Å²) < 4.78 is 12.9. The van der Waals surface area contributed by atoms with E-state index < -0.39 is 17.6 Å². The summed E-state index contributed by atoms with van der Waals surface area (Å²) in [6.07, 6.45) is 0. The molecule has 92 valence electrons. The number of nitrogens with two attached hydrogens (primary N) is 1. The Labute approximate surface area is 105 Å². The summed E-state index contributed by atoms with van der Waals surface area (Å²) >= 11 is 1.07. The minimum Gasteiger partial charge on any atom is -0.364 e. The predicted octanol–water partition coefficient (Wildman–Crippen LogP) is 1.63. The van der Waals surface area contributed by atoms with Crippen molar-refractivity contribution in [3.8, 4) is 0 Å². The lowest BCUT2D eigenvalue weighted by Crippen LogP contribution is -2.14. The van der Waals surface area contributed by atoms with Crippen LogP contribution in [0, 0.1) is 5.82 Å². The van der Waals surface area contributed by atoms with Gasteiger partial charge in [0.05, 0.1) is 0 Å². The number of carbonyl (C=O) groups is 2. The standard InChI is InChI=1S/C11H8FN3O2S/c12-7-3-1-2-6(4-7)10(17)15-11-14-8(5-18-11)9(13)16/h1-5H,(H2,13,16)(H,14,15,17). The van der Waals surface area contributed by atoms with E-state index in [0.29, 0.717) is 0 Å². The summed E-state index contributed by atoms with van der Waals surface area (Å²) in [5.41, 5.74) is 5.28. The van der Waals surface area contributed by atoms with Gasteiger partial charge in [0.25, 0.3) is 11.8 Å². The number of rotatable bonds is 3. The van der Waals surface area contributed by atoms with E-state index in [1.807, 2.05) is 0 Å². The summed E-state index contributed by atoms with van der Waals surface area (Å²) in [6, 6.07) is 5.26. The fourth-order valence-corrected chi connectivity index (χ4v) is 1.94. The molecule has 0 aliphatic carbocycles. The van der Waals surface area contributed by atoms with Gasteiger partial charge in [0.15, 0.2) is 5.13 Å². The maximum Gasteiger partial charge on any atom is 0.268 e. The van der Waals surface area contributed by atoms with Crippen LogP contribution in [-0.2, 0) is 0 Å². The molecule has 2 amide bonds. The summed E-state index contributed by atoms with van der Waals surface area (Å²) in [6.45, 7) is 0. The van der Waals surface area contributed by atoms with Crippen molar-refractivity contribution in [2.24, 2.45) is 5.73 Å².